The maximum atomic E-state index is 13.8. The SMILES string of the molecule is CN(C)CCN1C(=O)c2c(c3c4c([nH]c3c3c2=C2C=NC=CC2N3)=CC(OCc2ccccc2)=CC4)C1=O. The van der Waals surface area contributed by atoms with Gasteiger partial charge in [0.1, 0.15) is 12.4 Å². The van der Waals surface area contributed by atoms with Gasteiger partial charge in [0, 0.05) is 53.1 Å². The fourth-order valence-electron chi connectivity index (χ4n) is 5.77. The third-order valence-electron chi connectivity index (χ3n) is 7.62. The number of aromatic nitrogens is 1. The first-order valence-electron chi connectivity index (χ1n) is 12.8. The van der Waals surface area contributed by atoms with Gasteiger partial charge in [0.05, 0.1) is 28.4 Å². The van der Waals surface area contributed by atoms with Gasteiger partial charge >= 0.3 is 0 Å². The number of amides is 2. The number of ether oxygens (including phenoxy) is 1. The molecule has 8 heteroatoms. The maximum Gasteiger partial charge on any atom is 0.262 e. The Morgan fingerprint density at radius 1 is 1.13 bits per heavy atom. The number of carbonyl (C=O) groups is 2. The molecule has 1 aliphatic carbocycles. The van der Waals surface area contributed by atoms with Gasteiger partial charge in [0.15, 0.2) is 0 Å². The number of aromatic amines is 1. The van der Waals surface area contributed by atoms with E-state index in [1.54, 1.807) is 12.4 Å². The van der Waals surface area contributed by atoms with Gasteiger partial charge in [-0.05, 0) is 43.8 Å². The molecule has 0 radical (unpaired) electrons. The summed E-state index contributed by atoms with van der Waals surface area (Å²) >= 11 is 0. The summed E-state index contributed by atoms with van der Waals surface area (Å²) in [5, 5.41) is 6.08. The minimum absolute atomic E-state index is 0.0943. The minimum atomic E-state index is -0.236. The van der Waals surface area contributed by atoms with Gasteiger partial charge in [0.25, 0.3) is 11.8 Å². The number of hydrogen-bond donors (Lipinski definition) is 2. The molecule has 1 aromatic heterocycles. The fraction of sp³-hybridized carbons (Fsp3) is 0.233. The Hall–Kier alpha value is -4.43. The molecule has 0 fully saturated rings. The molecule has 2 amide bonds. The first kappa shape index (κ1) is 22.7. The van der Waals surface area contributed by atoms with Gasteiger partial charge in [0.2, 0.25) is 0 Å². The Balaban J connectivity index is 1.39. The number of hydrogen-bond acceptors (Lipinski definition) is 6. The predicted molar refractivity (Wildman–Crippen MR) is 147 cm³/mol. The van der Waals surface area contributed by atoms with Crippen LogP contribution in [-0.4, -0.2) is 66.0 Å². The van der Waals surface area contributed by atoms with Gasteiger partial charge in [-0.15, -0.1) is 0 Å². The molecule has 1 atom stereocenters. The van der Waals surface area contributed by atoms with Gasteiger partial charge in [-0.1, -0.05) is 30.3 Å². The van der Waals surface area contributed by atoms with E-state index >= 15 is 0 Å². The van der Waals surface area contributed by atoms with Crippen molar-refractivity contribution in [2.24, 2.45) is 4.99 Å². The number of imide groups is 1. The summed E-state index contributed by atoms with van der Waals surface area (Å²) in [4.78, 5) is 38.9. The Morgan fingerprint density at radius 2 is 1.95 bits per heavy atom. The van der Waals surface area contributed by atoms with E-state index in [2.05, 4.69) is 15.3 Å². The summed E-state index contributed by atoms with van der Waals surface area (Å²) in [5.41, 5.74) is 5.69. The van der Waals surface area contributed by atoms with Crippen molar-refractivity contribution in [2.75, 3.05) is 32.5 Å². The van der Waals surface area contributed by atoms with Gasteiger partial charge in [-0.3, -0.25) is 19.5 Å². The molecule has 38 heavy (non-hydrogen) atoms. The molecule has 190 valence electrons. The number of benzene rings is 2. The molecule has 2 N–H and O–H groups in total. The highest BCUT2D eigenvalue weighted by Crippen LogP contribution is 2.37. The minimum Gasteiger partial charge on any atom is -0.489 e. The molecule has 2 aromatic carbocycles. The Kier molecular flexibility index (Phi) is 5.13. The molecule has 8 nitrogen and oxygen atoms in total. The molecule has 4 heterocycles. The first-order chi connectivity index (χ1) is 18.5. The second kappa shape index (κ2) is 8.56. The second-order valence-corrected chi connectivity index (χ2v) is 10.3. The highest BCUT2D eigenvalue weighted by atomic mass is 16.5. The zero-order valence-electron chi connectivity index (χ0n) is 21.2. The maximum absolute atomic E-state index is 13.8. The molecule has 0 bridgehead atoms. The molecule has 4 aliphatic rings. The third kappa shape index (κ3) is 3.37. The zero-order valence-corrected chi connectivity index (χ0v) is 21.2. The number of fused-ring (bicyclic) bond motifs is 9. The Morgan fingerprint density at radius 3 is 2.76 bits per heavy atom. The number of likely N-dealkylation sites (N-methyl/N-ethyl adjacent to an activating group) is 1. The van der Waals surface area contributed by atoms with Crippen molar-refractivity contribution in [1.82, 2.24) is 14.8 Å². The molecule has 0 saturated heterocycles. The average Bonchev–Trinajstić information content (AvgIpc) is 3.56. The van der Waals surface area contributed by atoms with Crippen LogP contribution in [0.2, 0.25) is 0 Å². The largest absolute Gasteiger partial charge is 0.489 e. The van der Waals surface area contributed by atoms with Crippen LogP contribution >= 0.6 is 0 Å². The van der Waals surface area contributed by atoms with E-state index < -0.39 is 0 Å². The summed E-state index contributed by atoms with van der Waals surface area (Å²) < 4.78 is 6.10. The van der Waals surface area contributed by atoms with E-state index in [1.807, 2.05) is 67.6 Å². The quantitative estimate of drug-likeness (QED) is 0.502. The van der Waals surface area contributed by atoms with Crippen LogP contribution in [0, 0.1) is 0 Å². The monoisotopic (exact) mass is 505 g/mol. The number of allylic oxidation sites excluding steroid dienone is 2. The van der Waals surface area contributed by atoms with Crippen molar-refractivity contribution in [3.05, 3.63) is 87.3 Å². The van der Waals surface area contributed by atoms with E-state index in [4.69, 9.17) is 4.74 Å². The number of rotatable bonds is 6. The number of nitrogens with zero attached hydrogens (tertiary/aromatic N) is 3. The average molecular weight is 506 g/mol. The van der Waals surface area contributed by atoms with Crippen LogP contribution in [0.4, 0.5) is 5.69 Å². The molecule has 7 rings (SSSR count). The van der Waals surface area contributed by atoms with Crippen molar-refractivity contribution < 1.29 is 14.3 Å². The molecular weight excluding hydrogens is 478 g/mol. The van der Waals surface area contributed by atoms with Crippen LogP contribution in [-0.2, 0) is 17.8 Å². The highest BCUT2D eigenvalue weighted by molar-refractivity contribution is 6.30. The number of carbonyl (C=O) groups excluding carboxylic acids is 2. The standard InChI is InChI=1S/C30H27N5O3/c1-34(2)12-13-35-29(36)25-23-19-9-8-18(38-16-17-6-4-3-5-7-17)14-22(19)33-27(23)28-24(26(25)30(35)37)20-15-31-11-10-21(20)32-28/h3-8,10-11,14-15,21,32-33H,9,12-13,16H2,1-2H3. The van der Waals surface area contributed by atoms with Crippen molar-refractivity contribution >= 4 is 46.3 Å². The fourth-order valence-corrected chi connectivity index (χ4v) is 5.77. The van der Waals surface area contributed by atoms with Gasteiger partial charge in [-0.2, -0.15) is 0 Å². The Bertz CT molecular complexity index is 1740. The van der Waals surface area contributed by atoms with Crippen LogP contribution in [0.15, 0.2) is 59.4 Å². The molecule has 3 aromatic rings. The lowest BCUT2D eigenvalue weighted by Gasteiger charge is -2.17. The molecule has 1 unspecified atom stereocenters. The topological polar surface area (TPSA) is 90.0 Å². The van der Waals surface area contributed by atoms with Crippen LogP contribution < -0.4 is 15.9 Å². The van der Waals surface area contributed by atoms with E-state index in [0.29, 0.717) is 37.2 Å². The van der Waals surface area contributed by atoms with Crippen LogP contribution in [0.25, 0.3) is 22.6 Å². The van der Waals surface area contributed by atoms with Crippen LogP contribution in [0.5, 0.6) is 0 Å². The predicted octanol–water partition coefficient (Wildman–Crippen LogP) is 2.31. The van der Waals surface area contributed by atoms with E-state index in [-0.39, 0.29) is 17.9 Å². The first-order valence-corrected chi connectivity index (χ1v) is 12.8. The van der Waals surface area contributed by atoms with Crippen LogP contribution in [0.3, 0.4) is 0 Å². The van der Waals surface area contributed by atoms with Gasteiger partial charge < -0.3 is 19.9 Å². The van der Waals surface area contributed by atoms with Crippen molar-refractivity contribution in [2.45, 2.75) is 19.1 Å². The lowest BCUT2D eigenvalue weighted by molar-refractivity contribution is 0.0645. The smallest absolute Gasteiger partial charge is 0.262 e. The summed E-state index contributed by atoms with van der Waals surface area (Å²) in [6, 6.07) is 9.96. The molecule has 0 saturated carbocycles. The number of aliphatic imine (C=N–C) groups is 1. The number of anilines is 1. The lowest BCUT2D eigenvalue weighted by atomic mass is 9.94. The lowest BCUT2D eigenvalue weighted by Crippen LogP contribution is -2.36. The normalized spacial score (nSPS) is 18.8. The summed E-state index contributed by atoms with van der Waals surface area (Å²) in [6.45, 7) is 1.42. The molecule has 3 aliphatic heterocycles. The zero-order chi connectivity index (χ0) is 26.0. The van der Waals surface area contributed by atoms with Crippen molar-refractivity contribution in [1.29, 1.82) is 0 Å². The Labute approximate surface area is 219 Å². The van der Waals surface area contributed by atoms with E-state index in [9.17, 15) is 9.59 Å². The molecule has 0 spiro atoms. The number of H-pyrrole nitrogens is 1. The van der Waals surface area contributed by atoms with E-state index in [0.717, 1.165) is 49.6 Å². The van der Waals surface area contributed by atoms with E-state index in [1.165, 1.54) is 4.90 Å². The summed E-state index contributed by atoms with van der Waals surface area (Å²) in [7, 11) is 3.87. The summed E-state index contributed by atoms with van der Waals surface area (Å²) in [6.07, 6.45) is 10.2. The van der Waals surface area contributed by atoms with Crippen LogP contribution in [0.1, 0.15) is 31.8 Å². The molecular formula is C30H27N5O3. The van der Waals surface area contributed by atoms with Gasteiger partial charge in [-0.25, -0.2) is 0 Å². The number of nitrogens with one attached hydrogen (secondary N) is 2. The third-order valence-corrected chi connectivity index (χ3v) is 7.62. The second-order valence-electron chi connectivity index (χ2n) is 10.3. The van der Waals surface area contributed by atoms with Crippen molar-refractivity contribution in [3.63, 3.8) is 0 Å². The summed E-state index contributed by atoms with van der Waals surface area (Å²) in [5.74, 6) is 0.311. The van der Waals surface area contributed by atoms with Crippen molar-refractivity contribution in [3.8, 4) is 0 Å². The highest BCUT2D eigenvalue weighted by Gasteiger charge is 2.42.